The highest BCUT2D eigenvalue weighted by atomic mass is 19.4. The number of carbonyl (C=O) groups is 1. The van der Waals surface area contributed by atoms with Gasteiger partial charge in [-0.3, -0.25) is 9.69 Å². The Kier molecular flexibility index (Phi) is 5.96. The molecule has 0 aromatic heterocycles. The molecule has 1 saturated heterocycles. The van der Waals surface area contributed by atoms with E-state index in [2.05, 4.69) is 15.2 Å². The van der Waals surface area contributed by atoms with E-state index in [4.69, 9.17) is 11.5 Å². The number of amides is 1. The van der Waals surface area contributed by atoms with Crippen LogP contribution in [-0.2, 0) is 11.0 Å². The topological polar surface area (TPSA) is 96.7 Å². The van der Waals surface area contributed by atoms with Crippen molar-refractivity contribution < 1.29 is 18.0 Å². The van der Waals surface area contributed by atoms with E-state index in [0.717, 1.165) is 49.7 Å². The van der Waals surface area contributed by atoms with Crippen molar-refractivity contribution in [2.24, 2.45) is 28.3 Å². The number of hydrogen-bond donors (Lipinski definition) is 3. The Labute approximate surface area is 179 Å². The van der Waals surface area contributed by atoms with Gasteiger partial charge in [0.1, 0.15) is 5.84 Å². The van der Waals surface area contributed by atoms with Gasteiger partial charge in [-0.15, -0.1) is 0 Å². The maximum absolute atomic E-state index is 12.7. The highest BCUT2D eigenvalue weighted by Gasteiger charge is 2.46. The van der Waals surface area contributed by atoms with E-state index < -0.39 is 17.6 Å². The van der Waals surface area contributed by atoms with Crippen LogP contribution in [0.1, 0.15) is 37.7 Å². The molecule has 2 saturated carbocycles. The number of nitrogens with two attached hydrogens (primary N) is 2. The number of benzene rings is 1. The van der Waals surface area contributed by atoms with E-state index in [1.54, 1.807) is 0 Å². The van der Waals surface area contributed by atoms with Crippen molar-refractivity contribution >= 4 is 17.4 Å². The fourth-order valence-corrected chi connectivity index (χ4v) is 4.74. The monoisotopic (exact) mass is 435 g/mol. The molecule has 1 amide bonds. The van der Waals surface area contributed by atoms with Crippen molar-refractivity contribution in [3.8, 4) is 0 Å². The van der Waals surface area contributed by atoms with Gasteiger partial charge in [-0.05, 0) is 68.2 Å². The number of rotatable bonds is 6. The Morgan fingerprint density at radius 2 is 1.68 bits per heavy atom. The third kappa shape index (κ3) is 5.20. The number of likely N-dealkylation sites (tertiary alicyclic amines) is 1. The zero-order valence-electron chi connectivity index (χ0n) is 17.2. The number of halogens is 3. The normalized spacial score (nSPS) is 29.5. The maximum atomic E-state index is 12.7. The van der Waals surface area contributed by atoms with Gasteiger partial charge in [0.2, 0.25) is 0 Å². The first kappa shape index (κ1) is 21.7. The molecule has 168 valence electrons. The van der Waals surface area contributed by atoms with Gasteiger partial charge in [0.25, 0.3) is 5.91 Å². The smallest absolute Gasteiger partial charge is 0.387 e. The third-order valence-electron chi connectivity index (χ3n) is 6.67. The second kappa shape index (κ2) is 8.53. The number of piperidine rings is 1. The van der Waals surface area contributed by atoms with Crippen LogP contribution < -0.4 is 16.8 Å². The number of nitrogens with zero attached hydrogens (tertiary/aromatic N) is 2. The van der Waals surface area contributed by atoms with E-state index in [-0.39, 0.29) is 23.1 Å². The quantitative estimate of drug-likeness (QED) is 0.364. The van der Waals surface area contributed by atoms with Gasteiger partial charge in [-0.1, -0.05) is 0 Å². The zero-order chi connectivity index (χ0) is 22.2. The van der Waals surface area contributed by atoms with Crippen LogP contribution in [0.5, 0.6) is 0 Å². The predicted molar refractivity (Wildman–Crippen MR) is 112 cm³/mol. The summed E-state index contributed by atoms with van der Waals surface area (Å²) >= 11 is 0. The molecule has 6 nitrogen and oxygen atoms in total. The minimum absolute atomic E-state index is 0.0154. The van der Waals surface area contributed by atoms with Crippen molar-refractivity contribution in [2.75, 3.05) is 13.1 Å². The third-order valence-corrected chi connectivity index (χ3v) is 6.67. The summed E-state index contributed by atoms with van der Waals surface area (Å²) in [6, 6.07) is 5.11. The highest BCUT2D eigenvalue weighted by molar-refractivity contribution is 6.20. The summed E-state index contributed by atoms with van der Waals surface area (Å²) in [5.41, 5.74) is 10.8. The van der Waals surface area contributed by atoms with Gasteiger partial charge < -0.3 is 16.8 Å². The molecule has 1 aromatic rings. The minimum Gasteiger partial charge on any atom is -0.387 e. The molecular formula is C22H28F3N5O. The number of hydrogen-bond acceptors (Lipinski definition) is 4. The summed E-state index contributed by atoms with van der Waals surface area (Å²) in [6.07, 6.45) is 2.69. The SMILES string of the molecule is NC(=O)/C(=C/NC1CCC(N2CC3CC3C2)CC1)C(N)=Nc1ccc(C(F)(F)F)cc1. The average molecular weight is 435 g/mol. The van der Waals surface area contributed by atoms with Crippen LogP contribution in [0.2, 0.25) is 0 Å². The number of carbonyl (C=O) groups excluding carboxylic acids is 1. The molecule has 0 bridgehead atoms. The molecule has 3 aliphatic rings. The molecule has 4 rings (SSSR count). The average Bonchev–Trinajstić information content (AvgIpc) is 3.33. The molecule has 1 aliphatic heterocycles. The van der Waals surface area contributed by atoms with Crippen molar-refractivity contribution in [1.29, 1.82) is 0 Å². The fraction of sp³-hybridized carbons (Fsp3) is 0.545. The molecule has 2 atom stereocenters. The van der Waals surface area contributed by atoms with Gasteiger partial charge in [0.15, 0.2) is 0 Å². The number of primary amides is 1. The van der Waals surface area contributed by atoms with E-state index in [0.29, 0.717) is 6.04 Å². The lowest BCUT2D eigenvalue weighted by atomic mass is 9.90. The first-order valence-electron chi connectivity index (χ1n) is 10.7. The van der Waals surface area contributed by atoms with Crippen LogP contribution >= 0.6 is 0 Å². The molecule has 0 spiro atoms. The molecule has 9 heteroatoms. The summed E-state index contributed by atoms with van der Waals surface area (Å²) < 4.78 is 38.0. The fourth-order valence-electron chi connectivity index (χ4n) is 4.74. The lowest BCUT2D eigenvalue weighted by Gasteiger charge is -2.35. The van der Waals surface area contributed by atoms with E-state index in [1.807, 2.05) is 0 Å². The van der Waals surface area contributed by atoms with Crippen LogP contribution in [0.4, 0.5) is 18.9 Å². The van der Waals surface area contributed by atoms with Crippen molar-refractivity contribution in [3.05, 3.63) is 41.6 Å². The number of fused-ring (bicyclic) bond motifs is 1. The van der Waals surface area contributed by atoms with Crippen molar-refractivity contribution in [1.82, 2.24) is 10.2 Å². The number of alkyl halides is 3. The zero-order valence-corrected chi connectivity index (χ0v) is 17.2. The highest BCUT2D eigenvalue weighted by Crippen LogP contribution is 2.46. The number of nitrogens with one attached hydrogen (secondary N) is 1. The summed E-state index contributed by atoms with van der Waals surface area (Å²) in [7, 11) is 0. The lowest BCUT2D eigenvalue weighted by Crippen LogP contribution is -2.41. The molecule has 31 heavy (non-hydrogen) atoms. The van der Waals surface area contributed by atoms with Crippen LogP contribution in [0, 0.1) is 11.8 Å². The van der Waals surface area contributed by atoms with Gasteiger partial charge in [-0.25, -0.2) is 4.99 Å². The maximum Gasteiger partial charge on any atom is 0.416 e. The minimum atomic E-state index is -4.43. The first-order valence-corrected chi connectivity index (χ1v) is 10.7. The first-order chi connectivity index (χ1) is 14.7. The van der Waals surface area contributed by atoms with Gasteiger partial charge in [-0.2, -0.15) is 13.2 Å². The Hall–Kier alpha value is -2.55. The number of amidine groups is 1. The number of aliphatic imine (C=N–C) groups is 1. The van der Waals surface area contributed by atoms with E-state index in [1.165, 1.54) is 37.8 Å². The molecule has 1 heterocycles. The summed E-state index contributed by atoms with van der Waals surface area (Å²) in [6.45, 7) is 2.49. The van der Waals surface area contributed by atoms with Crippen molar-refractivity contribution in [3.63, 3.8) is 0 Å². The van der Waals surface area contributed by atoms with Crippen LogP contribution in [0.25, 0.3) is 0 Å². The lowest BCUT2D eigenvalue weighted by molar-refractivity contribution is -0.137. The second-order valence-corrected chi connectivity index (χ2v) is 8.85. The standard InChI is InChI=1S/C22H28F3N5O/c23-22(24,25)15-1-3-17(4-2-15)29-20(26)19(21(27)31)10-28-16-5-7-18(8-6-16)30-11-13-9-14(13)12-30/h1-4,10,13-14,16,18,28H,5-9,11-12H2,(H2,26,29)(H2,27,31)/b19-10+. The summed E-state index contributed by atoms with van der Waals surface area (Å²) in [4.78, 5) is 18.5. The Morgan fingerprint density at radius 3 is 2.23 bits per heavy atom. The van der Waals surface area contributed by atoms with Gasteiger partial charge >= 0.3 is 6.18 Å². The van der Waals surface area contributed by atoms with Crippen LogP contribution in [0.3, 0.4) is 0 Å². The molecular weight excluding hydrogens is 407 g/mol. The molecule has 2 aliphatic carbocycles. The summed E-state index contributed by atoms with van der Waals surface area (Å²) in [5.74, 6) is 0.989. The Morgan fingerprint density at radius 1 is 1.06 bits per heavy atom. The molecule has 1 aromatic carbocycles. The largest absolute Gasteiger partial charge is 0.416 e. The molecule has 2 unspecified atom stereocenters. The molecule has 5 N–H and O–H groups in total. The molecule has 0 radical (unpaired) electrons. The van der Waals surface area contributed by atoms with Crippen molar-refractivity contribution in [2.45, 2.75) is 50.4 Å². The summed E-state index contributed by atoms with van der Waals surface area (Å²) in [5, 5.41) is 3.24. The Balaban J connectivity index is 1.34. The van der Waals surface area contributed by atoms with E-state index in [9.17, 15) is 18.0 Å². The van der Waals surface area contributed by atoms with Crippen LogP contribution in [0.15, 0.2) is 41.0 Å². The van der Waals surface area contributed by atoms with Crippen LogP contribution in [-0.4, -0.2) is 41.8 Å². The second-order valence-electron chi connectivity index (χ2n) is 8.85. The van der Waals surface area contributed by atoms with Gasteiger partial charge in [0, 0.05) is 31.4 Å². The van der Waals surface area contributed by atoms with Gasteiger partial charge in [0.05, 0.1) is 16.8 Å². The Bertz CT molecular complexity index is 862. The predicted octanol–water partition coefficient (Wildman–Crippen LogP) is 2.92. The molecule has 3 fully saturated rings. The van der Waals surface area contributed by atoms with E-state index >= 15 is 0 Å².